The van der Waals surface area contributed by atoms with E-state index in [1.54, 1.807) is 0 Å². The minimum absolute atomic E-state index is 0.0725. The molecule has 0 saturated heterocycles. The molecule has 0 aliphatic heterocycles. The number of rotatable bonds is 3. The molecule has 4 aliphatic rings. The summed E-state index contributed by atoms with van der Waals surface area (Å²) in [5.41, 5.74) is 1.03. The fraction of sp³-hybridized carbons (Fsp3) is 0.630. The van der Waals surface area contributed by atoms with Gasteiger partial charge in [0.15, 0.2) is 0 Å². The zero-order chi connectivity index (χ0) is 21.6. The first kappa shape index (κ1) is 20.8. The molecule has 4 nitrogen and oxygen atoms in total. The molecule has 4 aliphatic carbocycles. The average molecular weight is 423 g/mol. The quantitative estimate of drug-likeness (QED) is 0.436. The van der Waals surface area contributed by atoms with Gasteiger partial charge < -0.3 is 9.47 Å². The predicted molar refractivity (Wildman–Crippen MR) is 118 cm³/mol. The van der Waals surface area contributed by atoms with Gasteiger partial charge in [0.05, 0.1) is 0 Å². The van der Waals surface area contributed by atoms with Crippen LogP contribution in [0.4, 0.5) is 4.79 Å². The summed E-state index contributed by atoms with van der Waals surface area (Å²) in [5, 5.41) is 0. The molecule has 0 amide bonds. The van der Waals surface area contributed by atoms with Gasteiger partial charge in [-0.2, -0.15) is 0 Å². The molecule has 1 aromatic carbocycles. The summed E-state index contributed by atoms with van der Waals surface area (Å²) in [6.45, 7) is 4.88. The summed E-state index contributed by atoms with van der Waals surface area (Å²) < 4.78 is 11.0. The minimum atomic E-state index is -0.589. The highest BCUT2D eigenvalue weighted by atomic mass is 16.7. The van der Waals surface area contributed by atoms with Crippen LogP contribution in [0, 0.1) is 34.5 Å². The van der Waals surface area contributed by atoms with E-state index in [2.05, 4.69) is 26.0 Å². The van der Waals surface area contributed by atoms with E-state index < -0.39 is 6.16 Å². The lowest BCUT2D eigenvalue weighted by atomic mass is 9.46. The number of carbonyl (C=O) groups is 2. The zero-order valence-electron chi connectivity index (χ0n) is 18.7. The normalized spacial score (nSPS) is 41.1. The van der Waals surface area contributed by atoms with Crippen LogP contribution in [-0.4, -0.2) is 18.0 Å². The summed E-state index contributed by atoms with van der Waals surface area (Å²) in [6, 6.07) is 9.67. The van der Waals surface area contributed by atoms with Gasteiger partial charge in [-0.05, 0) is 79.3 Å². The Bertz CT molecular complexity index is 876. The third-order valence-corrected chi connectivity index (χ3v) is 9.31. The zero-order valence-corrected chi connectivity index (χ0v) is 18.7. The smallest absolute Gasteiger partial charge is 0.429 e. The first-order chi connectivity index (χ1) is 14.9. The number of allylic oxidation sites excluding steroid dienone is 1. The summed E-state index contributed by atoms with van der Waals surface area (Å²) in [4.78, 5) is 24.8. The first-order valence-corrected chi connectivity index (χ1v) is 12.0. The van der Waals surface area contributed by atoms with Crippen LogP contribution in [0.3, 0.4) is 0 Å². The highest BCUT2D eigenvalue weighted by molar-refractivity contribution is 5.87. The Morgan fingerprint density at radius 3 is 2.68 bits per heavy atom. The Labute approximate surface area is 185 Å². The second-order valence-corrected chi connectivity index (χ2v) is 10.7. The van der Waals surface area contributed by atoms with Crippen molar-refractivity contribution in [1.29, 1.82) is 0 Å². The molecule has 2 unspecified atom stereocenters. The van der Waals surface area contributed by atoms with E-state index in [0.717, 1.165) is 44.1 Å². The van der Waals surface area contributed by atoms with Crippen molar-refractivity contribution in [2.45, 2.75) is 71.5 Å². The van der Waals surface area contributed by atoms with Gasteiger partial charge >= 0.3 is 6.16 Å². The first-order valence-electron chi connectivity index (χ1n) is 12.0. The van der Waals surface area contributed by atoms with Gasteiger partial charge in [0.1, 0.15) is 18.5 Å². The number of ketones is 1. The number of hydrogen-bond donors (Lipinski definition) is 0. The molecule has 7 atom stereocenters. The SMILES string of the molecule is C[C@]12C=CC(OC(=O)OCc3ccccc3)CC1CC[C@@H]1[C@H]2CC[C@]2(C)C(=O)CC[C@@H]12. The summed E-state index contributed by atoms with van der Waals surface area (Å²) in [5.74, 6) is 2.88. The lowest BCUT2D eigenvalue weighted by Crippen LogP contribution is -2.52. The maximum absolute atomic E-state index is 12.6. The highest BCUT2D eigenvalue weighted by Gasteiger charge is 2.59. The van der Waals surface area contributed by atoms with Crippen LogP contribution >= 0.6 is 0 Å². The van der Waals surface area contributed by atoms with Gasteiger partial charge in [-0.3, -0.25) is 4.79 Å². The maximum Gasteiger partial charge on any atom is 0.509 e. The van der Waals surface area contributed by atoms with Gasteiger partial charge in [-0.25, -0.2) is 4.79 Å². The molecule has 0 bridgehead atoms. The molecule has 0 aromatic heterocycles. The van der Waals surface area contributed by atoms with Crippen LogP contribution in [0.1, 0.15) is 64.4 Å². The van der Waals surface area contributed by atoms with Gasteiger partial charge in [0.25, 0.3) is 0 Å². The Hall–Kier alpha value is -2.10. The monoisotopic (exact) mass is 422 g/mol. The van der Waals surface area contributed by atoms with Crippen molar-refractivity contribution in [3.8, 4) is 0 Å². The summed E-state index contributed by atoms with van der Waals surface area (Å²) in [7, 11) is 0. The largest absolute Gasteiger partial charge is 0.509 e. The van der Waals surface area contributed by atoms with Crippen LogP contribution in [0.15, 0.2) is 42.5 Å². The van der Waals surface area contributed by atoms with Crippen molar-refractivity contribution in [1.82, 2.24) is 0 Å². The molecule has 3 fully saturated rings. The molecule has 4 heteroatoms. The second kappa shape index (κ2) is 7.79. The van der Waals surface area contributed by atoms with E-state index >= 15 is 0 Å². The number of Topliss-reactive ketones (excluding diaryl/α,β-unsaturated/α-hetero) is 1. The van der Waals surface area contributed by atoms with E-state index in [-0.39, 0.29) is 23.5 Å². The number of ether oxygens (including phenoxy) is 2. The average Bonchev–Trinajstić information content (AvgIpc) is 3.08. The molecular formula is C27H34O4. The predicted octanol–water partition coefficient (Wildman–Crippen LogP) is 6.10. The summed E-state index contributed by atoms with van der Waals surface area (Å²) in [6.07, 6.45) is 10.9. The number of carbonyl (C=O) groups excluding carboxylic acids is 2. The lowest BCUT2D eigenvalue weighted by molar-refractivity contribution is -0.134. The van der Waals surface area contributed by atoms with Crippen molar-refractivity contribution in [2.75, 3.05) is 0 Å². The topological polar surface area (TPSA) is 52.6 Å². The van der Waals surface area contributed by atoms with Crippen LogP contribution in [0.2, 0.25) is 0 Å². The van der Waals surface area contributed by atoms with Crippen molar-refractivity contribution in [3.05, 3.63) is 48.0 Å². The Kier molecular flexibility index (Phi) is 5.22. The molecule has 0 spiro atoms. The molecule has 3 saturated carbocycles. The van der Waals surface area contributed by atoms with E-state index in [1.807, 2.05) is 30.3 Å². The fourth-order valence-corrected chi connectivity index (χ4v) is 7.51. The Morgan fingerprint density at radius 2 is 1.87 bits per heavy atom. The van der Waals surface area contributed by atoms with E-state index in [1.165, 1.54) is 6.42 Å². The number of benzene rings is 1. The summed E-state index contributed by atoms with van der Waals surface area (Å²) >= 11 is 0. The molecule has 0 heterocycles. The molecule has 1 aromatic rings. The standard InChI is InChI=1S/C27H34O4/c1-26-14-12-20(31-25(29)30-17-18-6-4-3-5-7-18)16-19(26)8-9-21-22-10-11-24(28)27(22,2)15-13-23(21)26/h3-7,12,14,19-23H,8-11,13,15-17H2,1-2H3/t19?,20?,21-,22-,23+,26-,27-/m0/s1. The third-order valence-electron chi connectivity index (χ3n) is 9.31. The van der Waals surface area contributed by atoms with Crippen molar-refractivity contribution in [2.24, 2.45) is 34.5 Å². The molecule has 0 N–H and O–H groups in total. The Morgan fingerprint density at radius 1 is 1.06 bits per heavy atom. The van der Waals surface area contributed by atoms with Gasteiger partial charge in [0.2, 0.25) is 0 Å². The van der Waals surface area contributed by atoms with Crippen molar-refractivity contribution < 1.29 is 19.1 Å². The van der Waals surface area contributed by atoms with Gasteiger partial charge in [0, 0.05) is 11.8 Å². The molecule has 5 rings (SSSR count). The van der Waals surface area contributed by atoms with Crippen LogP contribution in [0.25, 0.3) is 0 Å². The number of fused-ring (bicyclic) bond motifs is 5. The van der Waals surface area contributed by atoms with Crippen molar-refractivity contribution in [3.63, 3.8) is 0 Å². The van der Waals surface area contributed by atoms with Gasteiger partial charge in [-0.15, -0.1) is 0 Å². The molecule has 0 radical (unpaired) electrons. The Balaban J connectivity index is 1.24. The van der Waals surface area contributed by atoms with Crippen LogP contribution < -0.4 is 0 Å². The highest BCUT2D eigenvalue weighted by Crippen LogP contribution is 2.64. The maximum atomic E-state index is 12.6. The van der Waals surface area contributed by atoms with Crippen LogP contribution in [-0.2, 0) is 20.9 Å². The molecular weight excluding hydrogens is 388 g/mol. The lowest BCUT2D eigenvalue weighted by Gasteiger charge is -2.58. The third kappa shape index (κ3) is 3.52. The van der Waals surface area contributed by atoms with Gasteiger partial charge in [-0.1, -0.05) is 50.3 Å². The van der Waals surface area contributed by atoms with E-state index in [9.17, 15) is 9.59 Å². The molecule has 31 heavy (non-hydrogen) atoms. The van der Waals surface area contributed by atoms with E-state index in [0.29, 0.717) is 29.5 Å². The number of hydrogen-bond acceptors (Lipinski definition) is 4. The molecule has 166 valence electrons. The van der Waals surface area contributed by atoms with E-state index in [4.69, 9.17) is 9.47 Å². The van der Waals surface area contributed by atoms with Crippen molar-refractivity contribution >= 4 is 11.9 Å². The minimum Gasteiger partial charge on any atom is -0.429 e. The second-order valence-electron chi connectivity index (χ2n) is 10.7. The van der Waals surface area contributed by atoms with Crippen LogP contribution in [0.5, 0.6) is 0 Å². The fourth-order valence-electron chi connectivity index (χ4n) is 7.51.